The lowest BCUT2D eigenvalue weighted by Crippen LogP contribution is -2.41. The maximum atomic E-state index is 10.5. The van der Waals surface area contributed by atoms with E-state index in [1.807, 2.05) is 14.1 Å². The number of carbonyl (C=O) groups is 1. The minimum atomic E-state index is -0.934. The van der Waals surface area contributed by atoms with Crippen LogP contribution in [-0.2, 0) is 4.79 Å². The van der Waals surface area contributed by atoms with E-state index >= 15 is 0 Å². The van der Waals surface area contributed by atoms with Gasteiger partial charge in [-0.05, 0) is 33.5 Å². The Kier molecular flexibility index (Phi) is 5.18. The van der Waals surface area contributed by atoms with E-state index in [4.69, 9.17) is 5.11 Å². The molecule has 1 rings (SSSR count). The highest BCUT2D eigenvalue weighted by Gasteiger charge is 2.26. The van der Waals surface area contributed by atoms with E-state index in [1.165, 1.54) is 0 Å². The van der Waals surface area contributed by atoms with Crippen LogP contribution in [0.25, 0.3) is 0 Å². The number of carboxylic acids is 1. The van der Waals surface area contributed by atoms with Gasteiger partial charge in [0.15, 0.2) is 0 Å². The van der Waals surface area contributed by atoms with Gasteiger partial charge in [0, 0.05) is 19.1 Å². The molecule has 1 fully saturated rings. The first kappa shape index (κ1) is 13.4. The first-order chi connectivity index (χ1) is 7.49. The number of aliphatic carboxylic acids is 1. The Balaban J connectivity index is 2.37. The van der Waals surface area contributed by atoms with Gasteiger partial charge in [0.25, 0.3) is 0 Å². The number of aliphatic hydroxyl groups excluding tert-OH is 1. The molecule has 0 bridgehead atoms. The lowest BCUT2D eigenvalue weighted by molar-refractivity contribution is -0.139. The minimum absolute atomic E-state index is 0.162. The summed E-state index contributed by atoms with van der Waals surface area (Å²) in [7, 11) is 4.06. The molecule has 0 aromatic heterocycles. The van der Waals surface area contributed by atoms with Crippen molar-refractivity contribution in [3.05, 3.63) is 0 Å². The second kappa shape index (κ2) is 6.18. The van der Waals surface area contributed by atoms with Crippen molar-refractivity contribution in [1.29, 1.82) is 0 Å². The molecule has 5 nitrogen and oxygen atoms in total. The lowest BCUT2D eigenvalue weighted by atomic mass is 10.2. The van der Waals surface area contributed by atoms with Crippen LogP contribution in [0.2, 0.25) is 0 Å². The predicted molar refractivity (Wildman–Crippen MR) is 61.4 cm³/mol. The van der Waals surface area contributed by atoms with Crippen LogP contribution < -0.4 is 0 Å². The fourth-order valence-electron chi connectivity index (χ4n) is 2.30. The molecular weight excluding hydrogens is 208 g/mol. The van der Waals surface area contributed by atoms with Crippen molar-refractivity contribution in [2.45, 2.75) is 31.4 Å². The summed E-state index contributed by atoms with van der Waals surface area (Å²) < 4.78 is 0. The molecule has 2 unspecified atom stereocenters. The minimum Gasteiger partial charge on any atom is -0.481 e. The van der Waals surface area contributed by atoms with E-state index < -0.39 is 12.1 Å². The van der Waals surface area contributed by atoms with E-state index in [1.54, 1.807) is 0 Å². The van der Waals surface area contributed by atoms with Crippen molar-refractivity contribution >= 4 is 5.97 Å². The monoisotopic (exact) mass is 230 g/mol. The highest BCUT2D eigenvalue weighted by Crippen LogP contribution is 2.18. The van der Waals surface area contributed by atoms with E-state index in [0.29, 0.717) is 12.6 Å². The summed E-state index contributed by atoms with van der Waals surface area (Å²) in [4.78, 5) is 14.8. The zero-order valence-corrected chi connectivity index (χ0v) is 10.1. The van der Waals surface area contributed by atoms with Crippen LogP contribution in [0.5, 0.6) is 0 Å². The summed E-state index contributed by atoms with van der Waals surface area (Å²) in [5, 5.41) is 18.2. The molecular formula is C11H22N2O3. The van der Waals surface area contributed by atoms with Gasteiger partial charge in [-0.25, -0.2) is 0 Å². The Morgan fingerprint density at radius 3 is 2.81 bits per heavy atom. The van der Waals surface area contributed by atoms with Gasteiger partial charge in [0.1, 0.15) is 0 Å². The number of rotatable bonds is 6. The molecule has 0 radical (unpaired) electrons. The Hall–Kier alpha value is -0.650. The molecule has 5 heteroatoms. The van der Waals surface area contributed by atoms with E-state index in [9.17, 15) is 9.90 Å². The largest absolute Gasteiger partial charge is 0.481 e. The number of hydrogen-bond donors (Lipinski definition) is 2. The third-order valence-corrected chi connectivity index (χ3v) is 2.93. The van der Waals surface area contributed by atoms with Crippen LogP contribution in [0.3, 0.4) is 0 Å². The van der Waals surface area contributed by atoms with Crippen LogP contribution in [0.4, 0.5) is 0 Å². The number of likely N-dealkylation sites (N-methyl/N-ethyl adjacent to an activating group) is 1. The Morgan fingerprint density at radius 1 is 1.56 bits per heavy atom. The standard InChI is InChI=1S/C11H22N2O3/c1-12(2)7-9-4-3-5-13(9)8-10(14)6-11(15)16/h9-10,14H,3-8H2,1-2H3,(H,15,16). The van der Waals surface area contributed by atoms with E-state index in [-0.39, 0.29) is 6.42 Å². The van der Waals surface area contributed by atoms with Crippen molar-refractivity contribution < 1.29 is 15.0 Å². The molecule has 1 heterocycles. The van der Waals surface area contributed by atoms with Gasteiger partial charge in [0.2, 0.25) is 0 Å². The Bertz CT molecular complexity index is 233. The summed E-state index contributed by atoms with van der Waals surface area (Å²) in [6.07, 6.45) is 1.36. The average molecular weight is 230 g/mol. The molecule has 94 valence electrons. The van der Waals surface area contributed by atoms with Crippen LogP contribution in [-0.4, -0.2) is 71.9 Å². The summed E-state index contributed by atoms with van der Waals surface area (Å²) in [5.74, 6) is -0.934. The second-order valence-electron chi connectivity index (χ2n) is 4.80. The van der Waals surface area contributed by atoms with Crippen molar-refractivity contribution in [2.75, 3.05) is 33.7 Å². The number of aliphatic hydroxyl groups is 1. The van der Waals surface area contributed by atoms with Crippen molar-refractivity contribution in [3.8, 4) is 0 Å². The van der Waals surface area contributed by atoms with Crippen LogP contribution in [0.15, 0.2) is 0 Å². The molecule has 0 aromatic rings. The molecule has 0 aliphatic carbocycles. The fraction of sp³-hybridized carbons (Fsp3) is 0.909. The van der Waals surface area contributed by atoms with Crippen molar-refractivity contribution in [3.63, 3.8) is 0 Å². The summed E-state index contributed by atoms with van der Waals surface area (Å²) in [6, 6.07) is 0.457. The first-order valence-electron chi connectivity index (χ1n) is 5.77. The van der Waals surface area contributed by atoms with Gasteiger partial charge in [0.05, 0.1) is 12.5 Å². The summed E-state index contributed by atoms with van der Waals surface area (Å²) >= 11 is 0. The molecule has 2 N–H and O–H groups in total. The molecule has 0 aromatic carbocycles. The first-order valence-corrected chi connectivity index (χ1v) is 5.77. The highest BCUT2D eigenvalue weighted by atomic mass is 16.4. The zero-order chi connectivity index (χ0) is 12.1. The van der Waals surface area contributed by atoms with Crippen molar-refractivity contribution in [1.82, 2.24) is 9.80 Å². The quantitative estimate of drug-likeness (QED) is 0.664. The summed E-state index contributed by atoms with van der Waals surface area (Å²) in [5.41, 5.74) is 0. The lowest BCUT2D eigenvalue weighted by Gasteiger charge is -2.28. The van der Waals surface area contributed by atoms with Gasteiger partial charge in [-0.15, -0.1) is 0 Å². The van der Waals surface area contributed by atoms with Crippen LogP contribution >= 0.6 is 0 Å². The second-order valence-corrected chi connectivity index (χ2v) is 4.80. The number of hydrogen-bond acceptors (Lipinski definition) is 4. The Labute approximate surface area is 96.7 Å². The molecule has 0 amide bonds. The van der Waals surface area contributed by atoms with Crippen LogP contribution in [0.1, 0.15) is 19.3 Å². The average Bonchev–Trinajstić information content (AvgIpc) is 2.50. The predicted octanol–water partition coefficient (Wildman–Crippen LogP) is -0.152. The molecule has 2 atom stereocenters. The topological polar surface area (TPSA) is 64.0 Å². The molecule has 1 saturated heterocycles. The normalized spacial score (nSPS) is 23.9. The third kappa shape index (κ3) is 4.47. The molecule has 0 saturated carbocycles. The fourth-order valence-corrected chi connectivity index (χ4v) is 2.30. The smallest absolute Gasteiger partial charge is 0.306 e. The van der Waals surface area contributed by atoms with Gasteiger partial charge >= 0.3 is 5.97 Å². The van der Waals surface area contributed by atoms with Gasteiger partial charge in [-0.3, -0.25) is 9.69 Å². The van der Waals surface area contributed by atoms with E-state index in [0.717, 1.165) is 25.9 Å². The van der Waals surface area contributed by atoms with Gasteiger partial charge in [-0.2, -0.15) is 0 Å². The number of likely N-dealkylation sites (tertiary alicyclic amines) is 1. The highest BCUT2D eigenvalue weighted by molar-refractivity contribution is 5.67. The molecule has 16 heavy (non-hydrogen) atoms. The SMILES string of the molecule is CN(C)CC1CCCN1CC(O)CC(=O)O. The maximum absolute atomic E-state index is 10.5. The molecule has 1 aliphatic heterocycles. The molecule has 1 aliphatic rings. The number of β-amino-alcohol motifs (C(OH)–C–C–N with tert-alkyl or cyclic N) is 1. The van der Waals surface area contributed by atoms with Gasteiger partial charge in [-0.1, -0.05) is 0 Å². The maximum Gasteiger partial charge on any atom is 0.306 e. The number of carboxylic acid groups (broad SMARTS) is 1. The van der Waals surface area contributed by atoms with Gasteiger partial charge < -0.3 is 15.1 Å². The van der Waals surface area contributed by atoms with Crippen molar-refractivity contribution in [2.24, 2.45) is 0 Å². The Morgan fingerprint density at radius 2 is 2.25 bits per heavy atom. The zero-order valence-electron chi connectivity index (χ0n) is 10.1. The third-order valence-electron chi connectivity index (χ3n) is 2.93. The molecule has 0 spiro atoms. The summed E-state index contributed by atoms with van der Waals surface area (Å²) in [6.45, 7) is 2.42. The van der Waals surface area contributed by atoms with Crippen LogP contribution in [0, 0.1) is 0 Å². The van der Waals surface area contributed by atoms with E-state index in [2.05, 4.69) is 9.80 Å². The number of nitrogens with zero attached hydrogens (tertiary/aromatic N) is 2.